The van der Waals surface area contributed by atoms with Gasteiger partial charge < -0.3 is 4.90 Å². The van der Waals surface area contributed by atoms with Gasteiger partial charge in [0.1, 0.15) is 5.82 Å². The number of hydrogen-bond acceptors (Lipinski definition) is 2. The third kappa shape index (κ3) is 2.43. The molecule has 0 fully saturated rings. The van der Waals surface area contributed by atoms with E-state index in [9.17, 15) is 9.18 Å². The second kappa shape index (κ2) is 6.16. The molecule has 2 nitrogen and oxygen atoms in total. The van der Waals surface area contributed by atoms with Crippen molar-refractivity contribution in [2.24, 2.45) is 11.8 Å². The number of hydrogen-bond donors (Lipinski definition) is 0. The Hall–Kier alpha value is -2.68. The normalized spacial score (nSPS) is 30.8. The van der Waals surface area contributed by atoms with Gasteiger partial charge in [0.05, 0.1) is 6.04 Å². The molecular weight excluding hydrogens is 361 g/mol. The molecule has 2 aromatic carbocycles. The molecule has 0 saturated carbocycles. The van der Waals surface area contributed by atoms with Gasteiger partial charge in [-0.25, -0.2) is 4.39 Å². The van der Waals surface area contributed by atoms with Crippen molar-refractivity contribution in [1.82, 2.24) is 0 Å². The van der Waals surface area contributed by atoms with Gasteiger partial charge in [0.15, 0.2) is 5.78 Å². The number of nitrogens with zero attached hydrogens (tertiary/aromatic N) is 1. The van der Waals surface area contributed by atoms with Crippen molar-refractivity contribution in [1.29, 1.82) is 0 Å². The van der Waals surface area contributed by atoms with Crippen molar-refractivity contribution < 1.29 is 9.18 Å². The van der Waals surface area contributed by atoms with Crippen molar-refractivity contribution in [3.8, 4) is 0 Å². The van der Waals surface area contributed by atoms with Gasteiger partial charge in [-0.2, -0.15) is 0 Å². The number of benzene rings is 2. The first-order valence-corrected chi connectivity index (χ1v) is 10.7. The molecule has 0 spiro atoms. The lowest BCUT2D eigenvalue weighted by atomic mass is 9.70. The summed E-state index contributed by atoms with van der Waals surface area (Å²) in [6, 6.07) is 11.6. The zero-order valence-electron chi connectivity index (χ0n) is 16.5. The number of rotatable bonds is 2. The summed E-state index contributed by atoms with van der Waals surface area (Å²) in [6.45, 7) is 2.69. The molecule has 2 heterocycles. The topological polar surface area (TPSA) is 20.3 Å². The summed E-state index contributed by atoms with van der Waals surface area (Å²) in [6.07, 6.45) is 11.4. The summed E-state index contributed by atoms with van der Waals surface area (Å²) >= 11 is 0. The average molecular weight is 385 g/mol. The zero-order chi connectivity index (χ0) is 19.7. The number of carbonyl (C=O) groups excluding carboxylic acids is 1. The number of anilines is 1. The second-order valence-corrected chi connectivity index (χ2v) is 9.01. The van der Waals surface area contributed by atoms with Gasteiger partial charge in [-0.3, -0.25) is 4.79 Å². The van der Waals surface area contributed by atoms with E-state index in [0.29, 0.717) is 23.7 Å². The van der Waals surface area contributed by atoms with Gasteiger partial charge in [0, 0.05) is 29.6 Å². The summed E-state index contributed by atoms with van der Waals surface area (Å²) in [5.74, 6) is 1.64. The van der Waals surface area contributed by atoms with Gasteiger partial charge in [0.25, 0.3) is 0 Å². The Bertz CT molecular complexity index is 1050. The number of ketones is 1. The lowest BCUT2D eigenvalue weighted by molar-refractivity contribution is 0.101. The van der Waals surface area contributed by atoms with Crippen LogP contribution < -0.4 is 4.90 Å². The maximum absolute atomic E-state index is 13.6. The number of Topliss-reactive ketones (excluding diaryl/α,β-unsaturated/α-hetero) is 1. The molecule has 0 aromatic heterocycles. The minimum atomic E-state index is -0.184. The zero-order valence-corrected chi connectivity index (χ0v) is 16.5. The highest BCUT2D eigenvalue weighted by atomic mass is 19.1. The molecular formula is C26H24FNO. The Morgan fingerprint density at radius 1 is 1.00 bits per heavy atom. The van der Waals surface area contributed by atoms with Crippen LogP contribution in [0.4, 0.5) is 10.1 Å². The van der Waals surface area contributed by atoms with E-state index in [-0.39, 0.29) is 17.6 Å². The highest BCUT2D eigenvalue weighted by Crippen LogP contribution is 2.58. The first-order valence-electron chi connectivity index (χ1n) is 10.7. The molecule has 2 aromatic rings. The van der Waals surface area contributed by atoms with E-state index < -0.39 is 0 Å². The highest BCUT2D eigenvalue weighted by molar-refractivity contribution is 5.95. The maximum Gasteiger partial charge on any atom is 0.159 e. The molecule has 0 amide bonds. The van der Waals surface area contributed by atoms with Gasteiger partial charge >= 0.3 is 0 Å². The largest absolute Gasteiger partial charge is 0.363 e. The van der Waals surface area contributed by atoms with E-state index in [0.717, 1.165) is 24.9 Å². The SMILES string of the molecule is CC(=O)c1cc2c3c(c1)[C@@H]1C=CC[C@@H]1[C@H](c1ccc(F)cc1)N3C[C@@H]1CC=C[C@@H]21. The van der Waals surface area contributed by atoms with Gasteiger partial charge in [-0.05, 0) is 72.6 Å². The minimum Gasteiger partial charge on any atom is -0.363 e. The fourth-order valence-electron chi connectivity index (χ4n) is 6.22. The van der Waals surface area contributed by atoms with Crippen molar-refractivity contribution in [2.45, 2.75) is 37.6 Å². The summed E-state index contributed by atoms with van der Waals surface area (Å²) in [4.78, 5) is 14.9. The number of halogens is 1. The Kier molecular flexibility index (Phi) is 3.65. The fourth-order valence-corrected chi connectivity index (χ4v) is 6.22. The third-order valence-corrected chi connectivity index (χ3v) is 7.47. The molecule has 0 N–H and O–H groups in total. The molecule has 5 atom stereocenters. The van der Waals surface area contributed by atoms with E-state index in [1.54, 1.807) is 19.1 Å². The van der Waals surface area contributed by atoms with Crippen LogP contribution in [0.15, 0.2) is 60.7 Å². The Morgan fingerprint density at radius 2 is 1.69 bits per heavy atom. The number of carbonyl (C=O) groups is 1. The lowest BCUT2D eigenvalue weighted by Crippen LogP contribution is -2.46. The van der Waals surface area contributed by atoms with Crippen LogP contribution in [0.2, 0.25) is 0 Å². The quantitative estimate of drug-likeness (QED) is 0.472. The molecule has 2 aliphatic carbocycles. The third-order valence-electron chi connectivity index (χ3n) is 7.47. The number of allylic oxidation sites excluding steroid dienone is 4. The molecule has 4 aliphatic rings. The predicted octanol–water partition coefficient (Wildman–Crippen LogP) is 5.92. The average Bonchev–Trinajstić information content (AvgIpc) is 3.38. The van der Waals surface area contributed by atoms with Gasteiger partial charge in [-0.1, -0.05) is 36.4 Å². The molecule has 0 saturated heterocycles. The first kappa shape index (κ1) is 17.2. The van der Waals surface area contributed by atoms with Crippen molar-refractivity contribution in [3.63, 3.8) is 0 Å². The van der Waals surface area contributed by atoms with Crippen LogP contribution in [-0.2, 0) is 0 Å². The molecule has 146 valence electrons. The smallest absolute Gasteiger partial charge is 0.159 e. The summed E-state index contributed by atoms with van der Waals surface area (Å²) < 4.78 is 13.6. The summed E-state index contributed by atoms with van der Waals surface area (Å²) in [5, 5.41) is 0. The molecule has 0 unspecified atom stereocenters. The van der Waals surface area contributed by atoms with E-state index in [4.69, 9.17) is 0 Å². The van der Waals surface area contributed by atoms with Crippen molar-refractivity contribution in [3.05, 3.63) is 88.8 Å². The number of fused-ring (bicyclic) bond motifs is 4. The summed E-state index contributed by atoms with van der Waals surface area (Å²) in [5.41, 5.74) is 5.97. The predicted molar refractivity (Wildman–Crippen MR) is 113 cm³/mol. The van der Waals surface area contributed by atoms with E-state index >= 15 is 0 Å². The molecule has 3 heteroatoms. The highest BCUT2D eigenvalue weighted by Gasteiger charge is 2.47. The van der Waals surface area contributed by atoms with Crippen molar-refractivity contribution in [2.75, 3.05) is 11.4 Å². The van der Waals surface area contributed by atoms with Crippen LogP contribution >= 0.6 is 0 Å². The Morgan fingerprint density at radius 3 is 2.45 bits per heavy atom. The van der Waals surface area contributed by atoms with Crippen LogP contribution in [0.5, 0.6) is 0 Å². The standard InChI is InChI=1S/C26H24FNO/c1-15(29)18-12-23-20-5-2-4-17(20)14-28-25(16-8-10-19(27)11-9-16)22-7-3-6-21(22)24(13-18)26(23)28/h2-3,5-6,8-13,17,20-22,25H,4,7,14H2,1H3/t17-,20+,21+,22-,25-/m0/s1. The van der Waals surface area contributed by atoms with Crippen LogP contribution in [0.25, 0.3) is 0 Å². The lowest BCUT2D eigenvalue weighted by Gasteiger charge is -2.51. The molecule has 2 aliphatic heterocycles. The van der Waals surface area contributed by atoms with Crippen molar-refractivity contribution >= 4 is 11.5 Å². The first-order chi connectivity index (χ1) is 14.1. The minimum absolute atomic E-state index is 0.138. The van der Waals surface area contributed by atoms with Gasteiger partial charge in [0.2, 0.25) is 0 Å². The van der Waals surface area contributed by atoms with Crippen LogP contribution in [-0.4, -0.2) is 12.3 Å². The molecule has 0 bridgehead atoms. The van der Waals surface area contributed by atoms with E-state index in [1.807, 2.05) is 12.1 Å². The van der Waals surface area contributed by atoms with Crippen LogP contribution in [0, 0.1) is 17.7 Å². The van der Waals surface area contributed by atoms with E-state index in [1.165, 1.54) is 22.4 Å². The Balaban J connectivity index is 1.59. The molecule has 0 radical (unpaired) electrons. The summed E-state index contributed by atoms with van der Waals surface area (Å²) in [7, 11) is 0. The van der Waals surface area contributed by atoms with Gasteiger partial charge in [-0.15, -0.1) is 0 Å². The van der Waals surface area contributed by atoms with Crippen LogP contribution in [0.3, 0.4) is 0 Å². The fraction of sp³-hybridized carbons (Fsp3) is 0.346. The Labute approximate surface area is 170 Å². The molecule has 6 rings (SSSR count). The monoisotopic (exact) mass is 385 g/mol. The van der Waals surface area contributed by atoms with E-state index in [2.05, 4.69) is 41.3 Å². The molecule has 29 heavy (non-hydrogen) atoms. The van der Waals surface area contributed by atoms with Crippen LogP contribution in [0.1, 0.15) is 64.7 Å². The second-order valence-electron chi connectivity index (χ2n) is 9.01. The maximum atomic E-state index is 13.6.